The first kappa shape index (κ1) is 17.3. The summed E-state index contributed by atoms with van der Waals surface area (Å²) in [5, 5.41) is 2.90. The number of carbonyl (C=O) groups is 1. The first-order valence-electron chi connectivity index (χ1n) is 6.92. The minimum Gasteiger partial charge on any atom is -0.497 e. The van der Waals surface area contributed by atoms with Crippen LogP contribution >= 0.6 is 0 Å². The number of carbonyl (C=O) groups excluding carboxylic acids is 1. The zero-order chi connectivity index (χ0) is 16.0. The number of rotatable bonds is 6. The highest BCUT2D eigenvalue weighted by Gasteiger charge is 2.17. The summed E-state index contributed by atoms with van der Waals surface area (Å²) in [5.74, 6) is 1.26. The van der Waals surface area contributed by atoms with Crippen molar-refractivity contribution in [3.63, 3.8) is 0 Å². The summed E-state index contributed by atoms with van der Waals surface area (Å²) in [6.45, 7) is 7.66. The molecule has 0 radical (unpaired) electrons. The van der Waals surface area contributed by atoms with Gasteiger partial charge < -0.3 is 19.5 Å². The quantitative estimate of drug-likeness (QED) is 0.876. The number of nitrogens with one attached hydrogen (secondary N) is 1. The maximum atomic E-state index is 11.9. The zero-order valence-electron chi connectivity index (χ0n) is 13.6. The van der Waals surface area contributed by atoms with Crippen LogP contribution in [0.5, 0.6) is 11.5 Å². The van der Waals surface area contributed by atoms with Crippen LogP contribution in [0.3, 0.4) is 0 Å². The number of amides is 1. The Morgan fingerprint density at radius 3 is 2.43 bits per heavy atom. The summed E-state index contributed by atoms with van der Waals surface area (Å²) in [4.78, 5) is 11.9. The van der Waals surface area contributed by atoms with Crippen molar-refractivity contribution in [2.75, 3.05) is 20.8 Å². The Kier molecular flexibility index (Phi) is 6.03. The fourth-order valence-electron chi connectivity index (χ4n) is 1.82. The molecule has 0 aliphatic heterocycles. The Morgan fingerprint density at radius 1 is 1.24 bits per heavy atom. The molecule has 1 amide bonds. The minimum absolute atomic E-state index is 0.0279. The molecular formula is C16H25NO4. The maximum Gasteiger partial charge on any atom is 0.246 e. The Balaban J connectivity index is 2.74. The van der Waals surface area contributed by atoms with Crippen LogP contribution in [-0.2, 0) is 9.53 Å². The van der Waals surface area contributed by atoms with E-state index in [-0.39, 0.29) is 24.2 Å². The second kappa shape index (κ2) is 7.31. The summed E-state index contributed by atoms with van der Waals surface area (Å²) in [6, 6.07) is 5.29. The first-order chi connectivity index (χ1) is 9.76. The third-order valence-corrected chi connectivity index (χ3v) is 2.92. The maximum absolute atomic E-state index is 11.9. The van der Waals surface area contributed by atoms with Crippen LogP contribution in [0.15, 0.2) is 18.2 Å². The van der Waals surface area contributed by atoms with E-state index in [0.29, 0.717) is 5.75 Å². The van der Waals surface area contributed by atoms with Crippen molar-refractivity contribution >= 4 is 5.91 Å². The predicted molar refractivity (Wildman–Crippen MR) is 81.8 cm³/mol. The summed E-state index contributed by atoms with van der Waals surface area (Å²) in [7, 11) is 3.20. The van der Waals surface area contributed by atoms with E-state index in [4.69, 9.17) is 14.2 Å². The Bertz CT molecular complexity index is 480. The van der Waals surface area contributed by atoms with Gasteiger partial charge in [-0.3, -0.25) is 4.79 Å². The largest absolute Gasteiger partial charge is 0.497 e. The number of hydrogen-bond donors (Lipinski definition) is 1. The van der Waals surface area contributed by atoms with E-state index in [1.165, 1.54) is 0 Å². The highest BCUT2D eigenvalue weighted by atomic mass is 16.5. The van der Waals surface area contributed by atoms with Crippen molar-refractivity contribution in [1.29, 1.82) is 0 Å². The lowest BCUT2D eigenvalue weighted by atomic mass is 10.1. The van der Waals surface area contributed by atoms with Gasteiger partial charge in [0.15, 0.2) is 0 Å². The molecule has 1 aromatic rings. The van der Waals surface area contributed by atoms with Crippen LogP contribution in [-0.4, -0.2) is 32.3 Å². The summed E-state index contributed by atoms with van der Waals surface area (Å²) in [6.07, 6.45) is 0. The molecule has 0 aliphatic rings. The van der Waals surface area contributed by atoms with Crippen LogP contribution < -0.4 is 14.8 Å². The lowest BCUT2D eigenvalue weighted by Crippen LogP contribution is -2.33. The van der Waals surface area contributed by atoms with E-state index in [9.17, 15) is 4.79 Å². The van der Waals surface area contributed by atoms with Crippen LogP contribution in [0.4, 0.5) is 0 Å². The van der Waals surface area contributed by atoms with E-state index in [0.717, 1.165) is 11.3 Å². The molecule has 1 N–H and O–H groups in total. The first-order valence-corrected chi connectivity index (χ1v) is 6.92. The zero-order valence-corrected chi connectivity index (χ0v) is 13.6. The van der Waals surface area contributed by atoms with Gasteiger partial charge in [-0.25, -0.2) is 0 Å². The summed E-state index contributed by atoms with van der Waals surface area (Å²) < 4.78 is 16.0. The molecule has 0 fully saturated rings. The lowest BCUT2D eigenvalue weighted by Gasteiger charge is -2.21. The topological polar surface area (TPSA) is 56.8 Å². The fourth-order valence-corrected chi connectivity index (χ4v) is 1.82. The van der Waals surface area contributed by atoms with Gasteiger partial charge in [-0.05, 0) is 45.9 Å². The minimum atomic E-state index is -0.339. The second-order valence-corrected chi connectivity index (χ2v) is 5.80. The second-order valence-electron chi connectivity index (χ2n) is 5.80. The molecular weight excluding hydrogens is 270 g/mol. The van der Waals surface area contributed by atoms with Crippen molar-refractivity contribution < 1.29 is 19.0 Å². The normalized spacial score (nSPS) is 12.7. The van der Waals surface area contributed by atoms with Gasteiger partial charge in [0.1, 0.15) is 18.1 Å². The molecule has 1 aromatic carbocycles. The van der Waals surface area contributed by atoms with Gasteiger partial charge in [0.05, 0.1) is 25.9 Å². The van der Waals surface area contributed by atoms with Gasteiger partial charge in [-0.1, -0.05) is 0 Å². The van der Waals surface area contributed by atoms with E-state index in [2.05, 4.69) is 5.32 Å². The standard InChI is InChI=1S/C16H25NO4/c1-11(17-15(18)10-21-16(2,3)4)13-9-12(19-5)7-8-14(13)20-6/h7-9,11H,10H2,1-6H3,(H,17,18). The van der Waals surface area contributed by atoms with E-state index < -0.39 is 0 Å². The van der Waals surface area contributed by atoms with E-state index >= 15 is 0 Å². The number of benzene rings is 1. The average Bonchev–Trinajstić information content (AvgIpc) is 2.43. The Morgan fingerprint density at radius 2 is 1.90 bits per heavy atom. The van der Waals surface area contributed by atoms with Gasteiger partial charge in [0, 0.05) is 5.56 Å². The van der Waals surface area contributed by atoms with E-state index in [1.807, 2.05) is 45.9 Å². The number of ether oxygens (including phenoxy) is 3. The molecule has 0 spiro atoms. The SMILES string of the molecule is COc1ccc(OC)c(C(C)NC(=O)COC(C)(C)C)c1. The van der Waals surface area contributed by atoms with Crippen molar-refractivity contribution in [3.8, 4) is 11.5 Å². The lowest BCUT2D eigenvalue weighted by molar-refractivity contribution is -0.131. The smallest absolute Gasteiger partial charge is 0.246 e. The molecule has 1 unspecified atom stereocenters. The van der Waals surface area contributed by atoms with Gasteiger partial charge in [-0.15, -0.1) is 0 Å². The molecule has 5 nitrogen and oxygen atoms in total. The van der Waals surface area contributed by atoms with Crippen molar-refractivity contribution in [2.24, 2.45) is 0 Å². The van der Waals surface area contributed by atoms with Gasteiger partial charge in [0.2, 0.25) is 5.91 Å². The molecule has 0 saturated heterocycles. The van der Waals surface area contributed by atoms with Gasteiger partial charge in [0.25, 0.3) is 0 Å². The molecule has 1 atom stereocenters. The van der Waals surface area contributed by atoms with E-state index in [1.54, 1.807) is 14.2 Å². The van der Waals surface area contributed by atoms with Crippen LogP contribution in [0.25, 0.3) is 0 Å². The Labute approximate surface area is 126 Å². The average molecular weight is 295 g/mol. The number of methoxy groups -OCH3 is 2. The molecule has 0 heterocycles. The predicted octanol–water partition coefficient (Wildman–Crippen LogP) is 2.70. The molecule has 0 aromatic heterocycles. The van der Waals surface area contributed by atoms with Gasteiger partial charge in [-0.2, -0.15) is 0 Å². The molecule has 1 rings (SSSR count). The molecule has 21 heavy (non-hydrogen) atoms. The van der Waals surface area contributed by atoms with Crippen LogP contribution in [0, 0.1) is 0 Å². The van der Waals surface area contributed by atoms with Gasteiger partial charge >= 0.3 is 0 Å². The monoisotopic (exact) mass is 295 g/mol. The molecule has 0 bridgehead atoms. The molecule has 118 valence electrons. The third-order valence-electron chi connectivity index (χ3n) is 2.92. The van der Waals surface area contributed by atoms with Crippen LogP contribution in [0.2, 0.25) is 0 Å². The van der Waals surface area contributed by atoms with Crippen molar-refractivity contribution in [1.82, 2.24) is 5.32 Å². The molecule has 0 saturated carbocycles. The highest BCUT2D eigenvalue weighted by molar-refractivity contribution is 5.77. The molecule has 5 heteroatoms. The molecule has 0 aliphatic carbocycles. The third kappa shape index (κ3) is 5.63. The van der Waals surface area contributed by atoms with Crippen LogP contribution in [0.1, 0.15) is 39.3 Å². The fraction of sp³-hybridized carbons (Fsp3) is 0.562. The highest BCUT2D eigenvalue weighted by Crippen LogP contribution is 2.29. The summed E-state index contributed by atoms with van der Waals surface area (Å²) in [5.41, 5.74) is 0.523. The Hall–Kier alpha value is -1.75. The van der Waals surface area contributed by atoms with Crippen molar-refractivity contribution in [2.45, 2.75) is 39.3 Å². The number of hydrogen-bond acceptors (Lipinski definition) is 4. The summed E-state index contributed by atoms with van der Waals surface area (Å²) >= 11 is 0. The van der Waals surface area contributed by atoms with Crippen molar-refractivity contribution in [3.05, 3.63) is 23.8 Å².